The summed E-state index contributed by atoms with van der Waals surface area (Å²) in [6.45, 7) is 2.43. The average Bonchev–Trinajstić information content (AvgIpc) is 3.40. The van der Waals surface area contributed by atoms with Gasteiger partial charge in [-0.2, -0.15) is 0 Å². The SMILES string of the molecule is CCN(C(=O)C1(C(=O)Nc2ccccc2Cl)CC1)c1ccccc1. The first-order valence-electron chi connectivity index (χ1n) is 8.01. The van der Waals surface area contributed by atoms with Gasteiger partial charge in [0, 0.05) is 12.2 Å². The van der Waals surface area contributed by atoms with Crippen molar-refractivity contribution in [1.29, 1.82) is 0 Å². The molecule has 5 heteroatoms. The third-order valence-corrected chi connectivity index (χ3v) is 4.67. The predicted molar refractivity (Wildman–Crippen MR) is 96.2 cm³/mol. The van der Waals surface area contributed by atoms with Gasteiger partial charge in [0.2, 0.25) is 11.8 Å². The van der Waals surface area contributed by atoms with Crippen LogP contribution in [0, 0.1) is 5.41 Å². The first-order chi connectivity index (χ1) is 11.6. The summed E-state index contributed by atoms with van der Waals surface area (Å²) < 4.78 is 0. The first kappa shape index (κ1) is 16.5. The summed E-state index contributed by atoms with van der Waals surface area (Å²) in [6.07, 6.45) is 1.12. The molecule has 0 heterocycles. The summed E-state index contributed by atoms with van der Waals surface area (Å²) in [5.41, 5.74) is 0.359. The number of hydrogen-bond donors (Lipinski definition) is 1. The average molecular weight is 343 g/mol. The molecule has 0 saturated heterocycles. The van der Waals surface area contributed by atoms with E-state index in [2.05, 4.69) is 5.32 Å². The van der Waals surface area contributed by atoms with Gasteiger partial charge in [-0.1, -0.05) is 41.9 Å². The lowest BCUT2D eigenvalue weighted by Gasteiger charge is -2.26. The van der Waals surface area contributed by atoms with Gasteiger partial charge in [-0.25, -0.2) is 0 Å². The molecule has 2 aromatic carbocycles. The fourth-order valence-corrected chi connectivity index (χ4v) is 2.96. The first-order valence-corrected chi connectivity index (χ1v) is 8.39. The lowest BCUT2D eigenvalue weighted by molar-refractivity contribution is -0.132. The number of nitrogens with zero attached hydrogens (tertiary/aromatic N) is 1. The molecule has 2 aromatic rings. The molecule has 1 fully saturated rings. The van der Waals surface area contributed by atoms with E-state index in [1.807, 2.05) is 37.3 Å². The van der Waals surface area contributed by atoms with E-state index in [1.165, 1.54) is 0 Å². The number of amides is 2. The molecular weight excluding hydrogens is 324 g/mol. The minimum absolute atomic E-state index is 0.152. The van der Waals surface area contributed by atoms with Crippen LogP contribution in [0.15, 0.2) is 54.6 Å². The van der Waals surface area contributed by atoms with Gasteiger partial charge in [0.05, 0.1) is 10.7 Å². The minimum atomic E-state index is -0.981. The Hall–Kier alpha value is -2.33. The zero-order valence-corrected chi connectivity index (χ0v) is 14.2. The van der Waals surface area contributed by atoms with Crippen molar-refractivity contribution in [2.45, 2.75) is 19.8 Å². The highest BCUT2D eigenvalue weighted by molar-refractivity contribution is 6.34. The maximum atomic E-state index is 13.0. The van der Waals surface area contributed by atoms with Gasteiger partial charge in [-0.3, -0.25) is 9.59 Å². The van der Waals surface area contributed by atoms with Crippen molar-refractivity contribution in [2.24, 2.45) is 5.41 Å². The monoisotopic (exact) mass is 342 g/mol. The number of rotatable bonds is 5. The molecule has 124 valence electrons. The van der Waals surface area contributed by atoms with E-state index in [1.54, 1.807) is 29.2 Å². The Bertz CT molecular complexity index is 757. The van der Waals surface area contributed by atoms with E-state index in [0.29, 0.717) is 30.1 Å². The molecule has 4 nitrogen and oxygen atoms in total. The fourth-order valence-electron chi connectivity index (χ4n) is 2.78. The van der Waals surface area contributed by atoms with Crippen molar-refractivity contribution in [1.82, 2.24) is 0 Å². The van der Waals surface area contributed by atoms with Crippen molar-refractivity contribution in [3.8, 4) is 0 Å². The molecule has 0 unspecified atom stereocenters. The van der Waals surface area contributed by atoms with Crippen LogP contribution in [0.25, 0.3) is 0 Å². The van der Waals surface area contributed by atoms with Crippen LogP contribution in [0.2, 0.25) is 5.02 Å². The van der Waals surface area contributed by atoms with Gasteiger partial charge in [-0.05, 0) is 44.0 Å². The van der Waals surface area contributed by atoms with Crippen LogP contribution in [-0.4, -0.2) is 18.4 Å². The standard InChI is InChI=1S/C19H19ClN2O2/c1-2-22(14-8-4-3-5-9-14)18(24)19(12-13-19)17(23)21-16-11-7-6-10-15(16)20/h3-11H,2,12-13H2,1H3,(H,21,23). The molecule has 0 aliphatic heterocycles. The molecule has 2 amide bonds. The molecule has 0 spiro atoms. The van der Waals surface area contributed by atoms with Crippen LogP contribution in [0.4, 0.5) is 11.4 Å². The van der Waals surface area contributed by atoms with Crippen molar-refractivity contribution < 1.29 is 9.59 Å². The Kier molecular flexibility index (Phi) is 4.58. The Balaban J connectivity index is 1.81. The Morgan fingerprint density at radius 3 is 2.29 bits per heavy atom. The number of halogens is 1. The van der Waals surface area contributed by atoms with E-state index in [9.17, 15) is 9.59 Å². The van der Waals surface area contributed by atoms with Gasteiger partial charge >= 0.3 is 0 Å². The Morgan fingerprint density at radius 2 is 1.71 bits per heavy atom. The number of carbonyl (C=O) groups excluding carboxylic acids is 2. The van der Waals surface area contributed by atoms with Crippen molar-refractivity contribution >= 4 is 34.8 Å². The van der Waals surface area contributed by atoms with Crippen LogP contribution in [0.1, 0.15) is 19.8 Å². The van der Waals surface area contributed by atoms with Crippen LogP contribution in [-0.2, 0) is 9.59 Å². The molecule has 24 heavy (non-hydrogen) atoms. The van der Waals surface area contributed by atoms with Crippen LogP contribution >= 0.6 is 11.6 Å². The summed E-state index contributed by atoms with van der Waals surface area (Å²) in [6, 6.07) is 16.5. The highest BCUT2D eigenvalue weighted by atomic mass is 35.5. The van der Waals surface area contributed by atoms with E-state index in [-0.39, 0.29) is 11.8 Å². The minimum Gasteiger partial charge on any atom is -0.324 e. The molecule has 1 N–H and O–H groups in total. The van der Waals surface area contributed by atoms with E-state index < -0.39 is 5.41 Å². The van der Waals surface area contributed by atoms with E-state index in [0.717, 1.165) is 5.69 Å². The number of hydrogen-bond acceptors (Lipinski definition) is 2. The summed E-state index contributed by atoms with van der Waals surface area (Å²) in [5.74, 6) is -0.435. The quantitative estimate of drug-likeness (QED) is 0.831. The number of benzene rings is 2. The van der Waals surface area contributed by atoms with E-state index in [4.69, 9.17) is 11.6 Å². The fraction of sp³-hybridized carbons (Fsp3) is 0.263. The van der Waals surface area contributed by atoms with Crippen molar-refractivity contribution in [2.75, 3.05) is 16.8 Å². The second-order valence-electron chi connectivity index (χ2n) is 5.90. The number of carbonyl (C=O) groups is 2. The number of para-hydroxylation sites is 2. The normalized spacial score (nSPS) is 14.8. The predicted octanol–water partition coefficient (Wildman–Crippen LogP) is 4.11. The van der Waals surface area contributed by atoms with Gasteiger partial charge in [0.1, 0.15) is 5.41 Å². The third kappa shape index (κ3) is 3.02. The maximum Gasteiger partial charge on any atom is 0.242 e. The Morgan fingerprint density at radius 1 is 1.08 bits per heavy atom. The second kappa shape index (κ2) is 6.65. The summed E-state index contributed by atoms with van der Waals surface area (Å²) >= 11 is 6.09. The zero-order valence-electron chi connectivity index (χ0n) is 13.5. The van der Waals surface area contributed by atoms with Crippen LogP contribution < -0.4 is 10.2 Å². The number of nitrogens with one attached hydrogen (secondary N) is 1. The highest BCUT2D eigenvalue weighted by Gasteiger charge is 2.58. The number of anilines is 2. The third-order valence-electron chi connectivity index (χ3n) is 4.35. The zero-order chi connectivity index (χ0) is 17.2. The molecule has 0 bridgehead atoms. The Labute approximate surface area is 146 Å². The highest BCUT2D eigenvalue weighted by Crippen LogP contribution is 2.49. The smallest absolute Gasteiger partial charge is 0.242 e. The van der Waals surface area contributed by atoms with Gasteiger partial charge in [0.25, 0.3) is 0 Å². The van der Waals surface area contributed by atoms with Crippen LogP contribution in [0.3, 0.4) is 0 Å². The van der Waals surface area contributed by atoms with Crippen molar-refractivity contribution in [3.63, 3.8) is 0 Å². The molecular formula is C19H19ClN2O2. The largest absolute Gasteiger partial charge is 0.324 e. The molecule has 0 atom stereocenters. The lowest BCUT2D eigenvalue weighted by atomic mass is 10.0. The summed E-state index contributed by atoms with van der Waals surface area (Å²) in [5, 5.41) is 3.27. The molecule has 0 aromatic heterocycles. The molecule has 1 saturated carbocycles. The van der Waals surface area contributed by atoms with Gasteiger partial charge in [-0.15, -0.1) is 0 Å². The van der Waals surface area contributed by atoms with Gasteiger partial charge < -0.3 is 10.2 Å². The maximum absolute atomic E-state index is 13.0. The lowest BCUT2D eigenvalue weighted by Crippen LogP contribution is -2.43. The van der Waals surface area contributed by atoms with Crippen molar-refractivity contribution in [3.05, 3.63) is 59.6 Å². The van der Waals surface area contributed by atoms with E-state index >= 15 is 0 Å². The molecule has 3 rings (SSSR count). The topological polar surface area (TPSA) is 49.4 Å². The molecule has 1 aliphatic carbocycles. The van der Waals surface area contributed by atoms with Gasteiger partial charge in [0.15, 0.2) is 0 Å². The molecule has 1 aliphatic rings. The molecule has 0 radical (unpaired) electrons. The second-order valence-corrected chi connectivity index (χ2v) is 6.31. The summed E-state index contributed by atoms with van der Waals surface area (Å²) in [7, 11) is 0. The van der Waals surface area contributed by atoms with Crippen LogP contribution in [0.5, 0.6) is 0 Å². The summed E-state index contributed by atoms with van der Waals surface area (Å²) in [4.78, 5) is 27.4.